The van der Waals surface area contributed by atoms with Crippen LogP contribution in [0.25, 0.3) is 0 Å². The highest BCUT2D eigenvalue weighted by atomic mass is 32.1. The molecule has 3 heteroatoms. The van der Waals surface area contributed by atoms with Crippen LogP contribution >= 0.6 is 11.3 Å². The lowest BCUT2D eigenvalue weighted by molar-refractivity contribution is 0.232. The lowest BCUT2D eigenvalue weighted by Crippen LogP contribution is -2.46. The van der Waals surface area contributed by atoms with E-state index in [2.05, 4.69) is 59.2 Å². The summed E-state index contributed by atoms with van der Waals surface area (Å²) in [5.41, 5.74) is 1.37. The van der Waals surface area contributed by atoms with Crippen molar-refractivity contribution in [1.29, 1.82) is 0 Å². The van der Waals surface area contributed by atoms with Crippen LogP contribution in [0.3, 0.4) is 0 Å². The Labute approximate surface area is 116 Å². The molecule has 18 heavy (non-hydrogen) atoms. The third-order valence-corrected chi connectivity index (χ3v) is 4.71. The van der Waals surface area contributed by atoms with Crippen LogP contribution in [0, 0.1) is 5.92 Å². The second-order valence-corrected chi connectivity index (χ2v) is 7.16. The SMILES string of the molecule is CCNC(CC)(c1nc(C(C)(C)C)cs1)C(C)C. The minimum atomic E-state index is 0.0307. The molecule has 1 rings (SSSR count). The molecule has 0 aliphatic carbocycles. The number of thiazole rings is 1. The molecule has 0 aromatic carbocycles. The third-order valence-electron chi connectivity index (χ3n) is 3.69. The molecule has 0 aliphatic heterocycles. The second kappa shape index (κ2) is 5.70. The molecule has 0 fully saturated rings. The summed E-state index contributed by atoms with van der Waals surface area (Å²) in [4.78, 5) is 4.92. The van der Waals surface area contributed by atoms with Crippen molar-refractivity contribution in [2.45, 2.75) is 65.8 Å². The highest BCUT2D eigenvalue weighted by molar-refractivity contribution is 7.09. The van der Waals surface area contributed by atoms with Crippen LogP contribution < -0.4 is 5.32 Å². The summed E-state index contributed by atoms with van der Waals surface area (Å²) in [6, 6.07) is 0. The minimum Gasteiger partial charge on any atom is -0.305 e. The van der Waals surface area contributed by atoms with Gasteiger partial charge in [0, 0.05) is 10.8 Å². The van der Waals surface area contributed by atoms with Gasteiger partial charge in [0.05, 0.1) is 11.2 Å². The van der Waals surface area contributed by atoms with Crippen LogP contribution in [0.4, 0.5) is 0 Å². The van der Waals surface area contributed by atoms with E-state index < -0.39 is 0 Å². The van der Waals surface area contributed by atoms with Gasteiger partial charge in [-0.05, 0) is 18.9 Å². The Bertz CT molecular complexity index is 376. The molecule has 1 heterocycles. The second-order valence-electron chi connectivity index (χ2n) is 6.30. The Kier molecular flexibility index (Phi) is 4.96. The highest BCUT2D eigenvalue weighted by Gasteiger charge is 2.36. The minimum absolute atomic E-state index is 0.0307. The zero-order valence-electron chi connectivity index (χ0n) is 12.9. The van der Waals surface area contributed by atoms with Gasteiger partial charge in [-0.2, -0.15) is 0 Å². The average Bonchev–Trinajstić information content (AvgIpc) is 2.74. The van der Waals surface area contributed by atoms with E-state index in [9.17, 15) is 0 Å². The lowest BCUT2D eigenvalue weighted by Gasteiger charge is -2.36. The molecule has 0 saturated heterocycles. The van der Waals surface area contributed by atoms with Crippen molar-refractivity contribution < 1.29 is 0 Å². The van der Waals surface area contributed by atoms with Crippen LogP contribution in [0.15, 0.2) is 5.38 Å². The lowest BCUT2D eigenvalue weighted by atomic mass is 9.84. The van der Waals surface area contributed by atoms with Gasteiger partial charge in [0.1, 0.15) is 5.01 Å². The summed E-state index contributed by atoms with van der Waals surface area (Å²) in [6.45, 7) is 16.6. The maximum atomic E-state index is 4.92. The van der Waals surface area contributed by atoms with E-state index in [1.807, 2.05) is 0 Å². The maximum absolute atomic E-state index is 4.92. The summed E-state index contributed by atoms with van der Waals surface area (Å²) >= 11 is 1.80. The van der Waals surface area contributed by atoms with Crippen LogP contribution in [0.5, 0.6) is 0 Å². The van der Waals surface area contributed by atoms with Gasteiger partial charge in [-0.15, -0.1) is 11.3 Å². The molecule has 1 aromatic heterocycles. The van der Waals surface area contributed by atoms with Crippen molar-refractivity contribution in [2.24, 2.45) is 5.92 Å². The molecule has 1 N–H and O–H groups in total. The Morgan fingerprint density at radius 3 is 2.22 bits per heavy atom. The van der Waals surface area contributed by atoms with E-state index in [4.69, 9.17) is 4.98 Å². The van der Waals surface area contributed by atoms with E-state index in [-0.39, 0.29) is 11.0 Å². The molecule has 104 valence electrons. The van der Waals surface area contributed by atoms with Crippen molar-refractivity contribution in [3.05, 3.63) is 16.1 Å². The van der Waals surface area contributed by atoms with Crippen LogP contribution in [0.2, 0.25) is 0 Å². The molecule has 1 atom stereocenters. The number of aromatic nitrogens is 1. The average molecular weight is 268 g/mol. The molecule has 0 spiro atoms. The summed E-state index contributed by atoms with van der Waals surface area (Å²) < 4.78 is 0. The van der Waals surface area contributed by atoms with Crippen molar-refractivity contribution in [3.8, 4) is 0 Å². The molecular formula is C15H28N2S. The standard InChI is InChI=1S/C15H28N2S/c1-8-15(11(3)4,16-9-2)13-17-12(10-18-13)14(5,6)7/h10-11,16H,8-9H2,1-7H3. The number of hydrogen-bond donors (Lipinski definition) is 1. The third kappa shape index (κ3) is 2.94. The van der Waals surface area contributed by atoms with E-state index >= 15 is 0 Å². The molecule has 2 nitrogen and oxygen atoms in total. The maximum Gasteiger partial charge on any atom is 0.113 e. The molecular weight excluding hydrogens is 240 g/mol. The fourth-order valence-corrected chi connectivity index (χ4v) is 3.79. The molecule has 0 radical (unpaired) electrons. The monoisotopic (exact) mass is 268 g/mol. The van der Waals surface area contributed by atoms with Gasteiger partial charge in [-0.3, -0.25) is 0 Å². The summed E-state index contributed by atoms with van der Waals surface area (Å²) in [7, 11) is 0. The smallest absolute Gasteiger partial charge is 0.113 e. The molecule has 1 unspecified atom stereocenters. The number of hydrogen-bond acceptors (Lipinski definition) is 3. The van der Waals surface area contributed by atoms with E-state index in [1.165, 1.54) is 10.7 Å². The molecule has 1 aromatic rings. The zero-order chi connectivity index (χ0) is 14.0. The predicted molar refractivity (Wildman–Crippen MR) is 81.3 cm³/mol. The van der Waals surface area contributed by atoms with E-state index in [1.54, 1.807) is 11.3 Å². The first kappa shape index (κ1) is 15.6. The van der Waals surface area contributed by atoms with Crippen LogP contribution in [0.1, 0.15) is 65.6 Å². The first-order valence-electron chi connectivity index (χ1n) is 6.99. The van der Waals surface area contributed by atoms with Gasteiger partial charge < -0.3 is 5.32 Å². The van der Waals surface area contributed by atoms with E-state index in [0.29, 0.717) is 5.92 Å². The quantitative estimate of drug-likeness (QED) is 0.860. The largest absolute Gasteiger partial charge is 0.305 e. The topological polar surface area (TPSA) is 24.9 Å². The fourth-order valence-electron chi connectivity index (χ4n) is 2.35. The highest BCUT2D eigenvalue weighted by Crippen LogP contribution is 2.36. The van der Waals surface area contributed by atoms with Gasteiger partial charge >= 0.3 is 0 Å². The van der Waals surface area contributed by atoms with Gasteiger partial charge in [-0.25, -0.2) is 4.98 Å². The van der Waals surface area contributed by atoms with Crippen LogP contribution in [-0.2, 0) is 11.0 Å². The summed E-state index contributed by atoms with van der Waals surface area (Å²) in [5.74, 6) is 0.543. The van der Waals surface area contributed by atoms with Crippen molar-refractivity contribution in [2.75, 3.05) is 6.54 Å². The first-order chi connectivity index (χ1) is 8.28. The number of nitrogens with zero attached hydrogens (tertiary/aromatic N) is 1. The zero-order valence-corrected chi connectivity index (χ0v) is 13.7. The number of rotatable bonds is 5. The van der Waals surface area contributed by atoms with Gasteiger partial charge in [0.25, 0.3) is 0 Å². The molecule has 0 aliphatic rings. The van der Waals surface area contributed by atoms with Gasteiger partial charge in [0.15, 0.2) is 0 Å². The molecule has 0 saturated carbocycles. The number of nitrogens with one attached hydrogen (secondary N) is 1. The predicted octanol–water partition coefficient (Wildman–Crippen LogP) is 4.31. The van der Waals surface area contributed by atoms with Crippen molar-refractivity contribution in [3.63, 3.8) is 0 Å². The Morgan fingerprint density at radius 2 is 1.89 bits per heavy atom. The van der Waals surface area contributed by atoms with Gasteiger partial charge in [0.2, 0.25) is 0 Å². The normalized spacial score (nSPS) is 16.0. The van der Waals surface area contributed by atoms with E-state index in [0.717, 1.165) is 13.0 Å². The van der Waals surface area contributed by atoms with Gasteiger partial charge in [-0.1, -0.05) is 48.5 Å². The Hall–Kier alpha value is -0.410. The Balaban J connectivity index is 3.18. The fraction of sp³-hybridized carbons (Fsp3) is 0.800. The Morgan fingerprint density at radius 1 is 1.28 bits per heavy atom. The summed E-state index contributed by atoms with van der Waals surface area (Å²) in [5, 5.41) is 7.14. The van der Waals surface area contributed by atoms with Crippen molar-refractivity contribution >= 4 is 11.3 Å². The van der Waals surface area contributed by atoms with Crippen LogP contribution in [-0.4, -0.2) is 11.5 Å². The molecule has 0 bridgehead atoms. The van der Waals surface area contributed by atoms with Crippen molar-refractivity contribution in [1.82, 2.24) is 10.3 Å². The molecule has 0 amide bonds. The summed E-state index contributed by atoms with van der Waals surface area (Å²) in [6.07, 6.45) is 1.08. The first-order valence-corrected chi connectivity index (χ1v) is 7.87.